The fourth-order valence-electron chi connectivity index (χ4n) is 1.51. The van der Waals surface area contributed by atoms with Crippen molar-refractivity contribution in [3.05, 3.63) is 41.5 Å². The van der Waals surface area contributed by atoms with Crippen molar-refractivity contribution in [1.29, 1.82) is 0 Å². The molecule has 1 unspecified atom stereocenters. The molecule has 0 aliphatic heterocycles. The molecule has 0 saturated heterocycles. The summed E-state index contributed by atoms with van der Waals surface area (Å²) in [5.74, 6) is -0.457. The van der Waals surface area contributed by atoms with Crippen molar-refractivity contribution in [3.8, 4) is 5.75 Å². The van der Waals surface area contributed by atoms with Crippen molar-refractivity contribution in [2.75, 3.05) is 7.11 Å². The SMILES string of the molecule is COc1ccc(Cc2noc(C(F)C(F)(F)F)n2)cc1. The van der Waals surface area contributed by atoms with Crippen LogP contribution in [0.3, 0.4) is 0 Å². The van der Waals surface area contributed by atoms with Crippen LogP contribution in [0.1, 0.15) is 23.5 Å². The number of ether oxygens (including phenoxy) is 1. The average molecular weight is 290 g/mol. The fraction of sp³-hybridized carbons (Fsp3) is 0.333. The molecule has 108 valence electrons. The summed E-state index contributed by atoms with van der Waals surface area (Å²) in [6.45, 7) is 0. The summed E-state index contributed by atoms with van der Waals surface area (Å²) in [4.78, 5) is 3.41. The Kier molecular flexibility index (Phi) is 3.91. The third kappa shape index (κ3) is 3.25. The van der Waals surface area contributed by atoms with Crippen LogP contribution in [0.5, 0.6) is 5.75 Å². The van der Waals surface area contributed by atoms with Crippen molar-refractivity contribution < 1.29 is 26.8 Å². The highest BCUT2D eigenvalue weighted by Gasteiger charge is 2.45. The maximum absolute atomic E-state index is 13.0. The van der Waals surface area contributed by atoms with Gasteiger partial charge in [0.1, 0.15) is 5.75 Å². The van der Waals surface area contributed by atoms with Gasteiger partial charge in [0.2, 0.25) is 0 Å². The number of hydrogen-bond acceptors (Lipinski definition) is 4. The van der Waals surface area contributed by atoms with Crippen molar-refractivity contribution in [2.45, 2.75) is 18.8 Å². The summed E-state index contributed by atoms with van der Waals surface area (Å²) in [6, 6.07) is 6.77. The highest BCUT2D eigenvalue weighted by Crippen LogP contribution is 2.34. The van der Waals surface area contributed by atoms with Gasteiger partial charge < -0.3 is 9.26 Å². The Morgan fingerprint density at radius 2 is 1.90 bits per heavy atom. The van der Waals surface area contributed by atoms with Crippen LogP contribution in [0.4, 0.5) is 17.6 Å². The minimum absolute atomic E-state index is 0.0166. The van der Waals surface area contributed by atoms with Crippen LogP contribution in [-0.2, 0) is 6.42 Å². The average Bonchev–Trinajstić information content (AvgIpc) is 2.86. The Morgan fingerprint density at radius 1 is 1.25 bits per heavy atom. The number of nitrogens with zero attached hydrogens (tertiary/aromatic N) is 2. The third-order valence-corrected chi connectivity index (χ3v) is 2.51. The lowest BCUT2D eigenvalue weighted by Crippen LogP contribution is -2.16. The number of benzene rings is 1. The van der Waals surface area contributed by atoms with Gasteiger partial charge in [0.25, 0.3) is 12.1 Å². The van der Waals surface area contributed by atoms with Gasteiger partial charge in [0, 0.05) is 6.42 Å². The Bertz CT molecular complexity index is 566. The van der Waals surface area contributed by atoms with Crippen molar-refractivity contribution in [3.63, 3.8) is 0 Å². The molecular weight excluding hydrogens is 280 g/mol. The van der Waals surface area contributed by atoms with E-state index in [2.05, 4.69) is 14.7 Å². The largest absolute Gasteiger partial charge is 0.497 e. The standard InChI is InChI=1S/C12H10F4N2O2/c1-19-8-4-2-7(3-5-8)6-9-17-11(20-18-9)10(13)12(14,15)16/h2-5,10H,6H2,1H3. The van der Waals surface area contributed by atoms with E-state index in [1.165, 1.54) is 7.11 Å². The van der Waals surface area contributed by atoms with Gasteiger partial charge in [-0.1, -0.05) is 17.3 Å². The molecule has 0 radical (unpaired) electrons. The topological polar surface area (TPSA) is 48.2 Å². The molecule has 0 aliphatic rings. The third-order valence-electron chi connectivity index (χ3n) is 2.51. The Balaban J connectivity index is 2.09. The number of aromatic nitrogens is 2. The highest BCUT2D eigenvalue weighted by molar-refractivity contribution is 5.28. The van der Waals surface area contributed by atoms with Crippen LogP contribution in [0.25, 0.3) is 0 Å². The zero-order valence-corrected chi connectivity index (χ0v) is 10.3. The quantitative estimate of drug-likeness (QED) is 0.811. The fourth-order valence-corrected chi connectivity index (χ4v) is 1.51. The second-order valence-electron chi connectivity index (χ2n) is 3.98. The maximum Gasteiger partial charge on any atom is 0.428 e. The Morgan fingerprint density at radius 3 is 2.45 bits per heavy atom. The minimum atomic E-state index is -5.05. The molecule has 0 N–H and O–H groups in total. The summed E-state index contributed by atoms with van der Waals surface area (Å²) in [5.41, 5.74) is 0.737. The molecule has 0 aliphatic carbocycles. The number of hydrogen-bond donors (Lipinski definition) is 0. The molecule has 0 saturated carbocycles. The molecule has 8 heteroatoms. The molecular formula is C12H10F4N2O2. The first-order valence-electron chi connectivity index (χ1n) is 5.56. The van der Waals surface area contributed by atoms with Crippen molar-refractivity contribution >= 4 is 0 Å². The molecule has 0 fully saturated rings. The molecule has 2 aromatic rings. The minimum Gasteiger partial charge on any atom is -0.497 e. The van der Waals surface area contributed by atoms with E-state index in [0.29, 0.717) is 5.75 Å². The van der Waals surface area contributed by atoms with Crippen LogP contribution in [-0.4, -0.2) is 23.4 Å². The molecule has 4 nitrogen and oxygen atoms in total. The summed E-state index contributed by atoms with van der Waals surface area (Å²) >= 11 is 0. The van der Waals surface area contributed by atoms with Gasteiger partial charge in [0.05, 0.1) is 7.11 Å². The summed E-state index contributed by atoms with van der Waals surface area (Å²) in [6.07, 6.45) is -8.18. The highest BCUT2D eigenvalue weighted by atomic mass is 19.4. The van der Waals surface area contributed by atoms with E-state index >= 15 is 0 Å². The van der Waals surface area contributed by atoms with Gasteiger partial charge in [-0.2, -0.15) is 18.2 Å². The second kappa shape index (κ2) is 5.48. The van der Waals surface area contributed by atoms with Crippen LogP contribution in [0.15, 0.2) is 28.8 Å². The molecule has 0 amide bonds. The molecule has 1 aromatic heterocycles. The van der Waals surface area contributed by atoms with Gasteiger partial charge in [-0.3, -0.25) is 0 Å². The molecule has 0 bridgehead atoms. The molecule has 0 spiro atoms. The van der Waals surface area contributed by atoms with E-state index in [9.17, 15) is 17.6 Å². The zero-order chi connectivity index (χ0) is 14.8. The molecule has 1 atom stereocenters. The lowest BCUT2D eigenvalue weighted by molar-refractivity contribution is -0.189. The first-order chi connectivity index (χ1) is 9.40. The van der Waals surface area contributed by atoms with Crippen molar-refractivity contribution in [1.82, 2.24) is 10.1 Å². The second-order valence-corrected chi connectivity index (χ2v) is 3.98. The number of alkyl halides is 4. The normalized spacial score (nSPS) is 13.2. The number of rotatable bonds is 4. The number of methoxy groups -OCH3 is 1. The lowest BCUT2D eigenvalue weighted by atomic mass is 10.1. The van der Waals surface area contributed by atoms with E-state index in [0.717, 1.165) is 5.56 Å². The van der Waals surface area contributed by atoms with Crippen molar-refractivity contribution in [2.24, 2.45) is 0 Å². The van der Waals surface area contributed by atoms with E-state index < -0.39 is 18.2 Å². The van der Waals surface area contributed by atoms with Crippen LogP contribution >= 0.6 is 0 Å². The predicted molar refractivity (Wildman–Crippen MR) is 60.0 cm³/mol. The molecule has 1 aromatic carbocycles. The predicted octanol–water partition coefficient (Wildman–Crippen LogP) is 3.24. The number of halogens is 4. The first kappa shape index (κ1) is 14.3. The monoisotopic (exact) mass is 290 g/mol. The van der Waals surface area contributed by atoms with E-state index in [4.69, 9.17) is 4.74 Å². The zero-order valence-electron chi connectivity index (χ0n) is 10.3. The maximum atomic E-state index is 13.0. The van der Waals surface area contributed by atoms with E-state index in [1.807, 2.05) is 0 Å². The van der Waals surface area contributed by atoms with Crippen LogP contribution < -0.4 is 4.74 Å². The van der Waals surface area contributed by atoms with Gasteiger partial charge in [-0.05, 0) is 17.7 Å². The summed E-state index contributed by atoms with van der Waals surface area (Å²) in [5, 5.41) is 3.33. The van der Waals surface area contributed by atoms with Crippen LogP contribution in [0, 0.1) is 0 Å². The molecule has 20 heavy (non-hydrogen) atoms. The van der Waals surface area contributed by atoms with E-state index in [1.54, 1.807) is 24.3 Å². The van der Waals surface area contributed by atoms with Gasteiger partial charge in [0.15, 0.2) is 5.82 Å². The Hall–Kier alpha value is -2.12. The van der Waals surface area contributed by atoms with Gasteiger partial charge in [-0.25, -0.2) is 4.39 Å². The Labute approximate surface area is 111 Å². The molecule has 1 heterocycles. The van der Waals surface area contributed by atoms with E-state index in [-0.39, 0.29) is 12.2 Å². The summed E-state index contributed by atoms with van der Waals surface area (Å²) < 4.78 is 58.6. The van der Waals surface area contributed by atoms with Crippen LogP contribution in [0.2, 0.25) is 0 Å². The van der Waals surface area contributed by atoms with Gasteiger partial charge >= 0.3 is 6.18 Å². The molecule has 2 rings (SSSR count). The first-order valence-corrected chi connectivity index (χ1v) is 5.56. The van der Waals surface area contributed by atoms with Gasteiger partial charge in [-0.15, -0.1) is 0 Å². The lowest BCUT2D eigenvalue weighted by Gasteiger charge is -2.06. The smallest absolute Gasteiger partial charge is 0.428 e. The summed E-state index contributed by atoms with van der Waals surface area (Å²) in [7, 11) is 1.51.